The van der Waals surface area contributed by atoms with Crippen molar-refractivity contribution in [2.45, 2.75) is 58.7 Å². The van der Waals surface area contributed by atoms with Gasteiger partial charge < -0.3 is 25.0 Å². The molecule has 9 nitrogen and oxygen atoms in total. The number of nitrogens with zero attached hydrogens (tertiary/aromatic N) is 3. The van der Waals surface area contributed by atoms with E-state index in [0.717, 1.165) is 44.8 Å². The molecule has 3 heterocycles. The van der Waals surface area contributed by atoms with Crippen molar-refractivity contribution in [3.05, 3.63) is 30.1 Å². The summed E-state index contributed by atoms with van der Waals surface area (Å²) in [5.41, 5.74) is 5.08. The number of likely N-dealkylation sites (tertiary alicyclic amines) is 1. The van der Waals surface area contributed by atoms with E-state index in [2.05, 4.69) is 9.80 Å². The van der Waals surface area contributed by atoms with E-state index in [1.165, 1.54) is 12.1 Å². The van der Waals surface area contributed by atoms with Crippen LogP contribution in [0.5, 0.6) is 0 Å². The Hall–Kier alpha value is -2.88. The molecule has 1 spiro atoms. The van der Waals surface area contributed by atoms with E-state index in [9.17, 15) is 18.8 Å². The van der Waals surface area contributed by atoms with Crippen LogP contribution >= 0.6 is 0 Å². The van der Waals surface area contributed by atoms with Crippen LogP contribution in [0.2, 0.25) is 0 Å². The third-order valence-corrected chi connectivity index (χ3v) is 7.93. The minimum Gasteiger partial charge on any atom is -0.462 e. The molecule has 0 saturated carbocycles. The number of rotatable bonds is 6. The molecule has 3 fully saturated rings. The number of primary amides is 1. The molecule has 2 atom stereocenters. The first-order valence-electron chi connectivity index (χ1n) is 13.2. The Morgan fingerprint density at radius 1 is 1.11 bits per heavy atom. The van der Waals surface area contributed by atoms with Crippen LogP contribution in [0.25, 0.3) is 0 Å². The van der Waals surface area contributed by atoms with Crippen LogP contribution in [0.1, 0.15) is 46.5 Å². The van der Waals surface area contributed by atoms with Crippen molar-refractivity contribution in [2.75, 3.05) is 50.7 Å². The highest BCUT2D eigenvalue weighted by Crippen LogP contribution is 2.44. The van der Waals surface area contributed by atoms with Crippen molar-refractivity contribution in [2.24, 2.45) is 16.6 Å². The van der Waals surface area contributed by atoms with Crippen LogP contribution in [0.4, 0.5) is 14.9 Å². The Bertz CT molecular complexity index is 980. The van der Waals surface area contributed by atoms with Gasteiger partial charge in [0.15, 0.2) is 6.10 Å². The Kier molecular flexibility index (Phi) is 7.96. The molecule has 2 N–H and O–H groups in total. The van der Waals surface area contributed by atoms with E-state index in [1.54, 1.807) is 4.90 Å². The van der Waals surface area contributed by atoms with Crippen molar-refractivity contribution in [1.82, 2.24) is 9.80 Å². The van der Waals surface area contributed by atoms with Crippen LogP contribution in [0, 0.1) is 16.6 Å². The zero-order valence-electron chi connectivity index (χ0n) is 22.1. The van der Waals surface area contributed by atoms with E-state index >= 15 is 0 Å². The molecule has 2 amide bonds. The van der Waals surface area contributed by atoms with Gasteiger partial charge in [0.25, 0.3) is 5.91 Å². The fourth-order valence-electron chi connectivity index (χ4n) is 5.65. The minimum atomic E-state index is -0.971. The molecule has 4 rings (SSSR count). The molecule has 37 heavy (non-hydrogen) atoms. The maximum atomic E-state index is 13.2. The van der Waals surface area contributed by atoms with Gasteiger partial charge in [0.05, 0.1) is 5.41 Å². The first-order chi connectivity index (χ1) is 17.5. The summed E-state index contributed by atoms with van der Waals surface area (Å²) in [5, 5.41) is 0. The number of anilines is 1. The lowest BCUT2D eigenvalue weighted by Gasteiger charge is -2.39. The van der Waals surface area contributed by atoms with Gasteiger partial charge in [0.1, 0.15) is 11.9 Å². The lowest BCUT2D eigenvalue weighted by molar-refractivity contribution is -0.156. The van der Waals surface area contributed by atoms with Crippen molar-refractivity contribution in [3.8, 4) is 0 Å². The zero-order valence-corrected chi connectivity index (χ0v) is 22.1. The number of carbonyl (C=O) groups is 3. The van der Waals surface area contributed by atoms with Gasteiger partial charge in [-0.15, -0.1) is 0 Å². The van der Waals surface area contributed by atoms with Gasteiger partial charge in [-0.25, -0.2) is 9.18 Å². The number of halogens is 1. The second-order valence-corrected chi connectivity index (χ2v) is 11.6. The summed E-state index contributed by atoms with van der Waals surface area (Å²) in [4.78, 5) is 43.6. The van der Waals surface area contributed by atoms with Crippen molar-refractivity contribution >= 4 is 23.7 Å². The number of amides is 2. The molecule has 0 radical (unpaired) electrons. The summed E-state index contributed by atoms with van der Waals surface area (Å²) in [6.45, 7) is 10.7. The third-order valence-electron chi connectivity index (χ3n) is 7.93. The fraction of sp³-hybridized carbons (Fsp3) is 0.667. The average Bonchev–Trinajstić information content (AvgIpc) is 3.16. The predicted molar refractivity (Wildman–Crippen MR) is 136 cm³/mol. The number of esters is 1. The number of piperidine rings is 1. The first-order valence-corrected chi connectivity index (χ1v) is 13.2. The molecule has 3 aliphatic heterocycles. The molecule has 3 aliphatic rings. The van der Waals surface area contributed by atoms with Crippen LogP contribution in [0.3, 0.4) is 0 Å². The summed E-state index contributed by atoms with van der Waals surface area (Å²) >= 11 is 0. The Balaban J connectivity index is 1.24. The quantitative estimate of drug-likeness (QED) is 0.578. The van der Waals surface area contributed by atoms with Crippen LogP contribution < -0.4 is 10.6 Å². The highest BCUT2D eigenvalue weighted by molar-refractivity contribution is 5.85. The number of cyclic esters (lactones) is 1. The second kappa shape index (κ2) is 10.8. The second-order valence-electron chi connectivity index (χ2n) is 11.6. The van der Waals surface area contributed by atoms with Gasteiger partial charge in [-0.2, -0.15) is 0 Å². The average molecular weight is 519 g/mol. The summed E-state index contributed by atoms with van der Waals surface area (Å²) in [7, 11) is 0. The van der Waals surface area contributed by atoms with Crippen LogP contribution in [-0.2, 0) is 19.1 Å². The molecule has 1 unspecified atom stereocenters. The van der Waals surface area contributed by atoms with Crippen molar-refractivity contribution < 1.29 is 28.2 Å². The van der Waals surface area contributed by atoms with E-state index < -0.39 is 23.0 Å². The first kappa shape index (κ1) is 27.2. The Morgan fingerprint density at radius 3 is 2.30 bits per heavy atom. The molecular weight excluding hydrogens is 479 g/mol. The van der Waals surface area contributed by atoms with Gasteiger partial charge in [0.2, 0.25) is 0 Å². The number of benzene rings is 1. The van der Waals surface area contributed by atoms with E-state index in [-0.39, 0.29) is 23.8 Å². The Morgan fingerprint density at radius 2 is 1.73 bits per heavy atom. The van der Waals surface area contributed by atoms with Gasteiger partial charge in [-0.1, -0.05) is 20.8 Å². The van der Waals surface area contributed by atoms with E-state index in [1.807, 2.05) is 32.9 Å². The molecule has 3 saturated heterocycles. The fourth-order valence-corrected chi connectivity index (χ4v) is 5.65. The molecule has 0 bridgehead atoms. The number of ether oxygens (including phenoxy) is 2. The molecule has 204 valence electrons. The predicted octanol–water partition coefficient (Wildman–Crippen LogP) is 2.77. The Labute approximate surface area is 218 Å². The third kappa shape index (κ3) is 6.34. The molecule has 10 heteroatoms. The summed E-state index contributed by atoms with van der Waals surface area (Å²) in [6.07, 6.45) is 0.474. The number of nitrogens with two attached hydrogens (primary N) is 1. The van der Waals surface area contributed by atoms with Gasteiger partial charge >= 0.3 is 12.1 Å². The number of piperazine rings is 1. The van der Waals surface area contributed by atoms with Crippen LogP contribution in [-0.4, -0.2) is 85.8 Å². The number of carbonyl (C=O) groups excluding carboxylic acids is 3. The highest BCUT2D eigenvalue weighted by atomic mass is 19.1. The highest BCUT2D eigenvalue weighted by Gasteiger charge is 2.51. The maximum Gasteiger partial charge on any atom is 0.405 e. The lowest BCUT2D eigenvalue weighted by atomic mass is 9.75. The maximum absolute atomic E-state index is 13.2. The molecule has 0 aliphatic carbocycles. The van der Waals surface area contributed by atoms with E-state index in [0.29, 0.717) is 32.4 Å². The summed E-state index contributed by atoms with van der Waals surface area (Å²) < 4.78 is 24.1. The smallest absolute Gasteiger partial charge is 0.405 e. The van der Waals surface area contributed by atoms with Gasteiger partial charge in [-0.3, -0.25) is 14.5 Å². The SMILES string of the molecule is CC(C)(C)[C@@H](OC(N)=O)C(=O)N1CCC2(CC1)CC(CCN1CCN(c3ccc(F)cc3)CC1)OC2=O. The van der Waals surface area contributed by atoms with Gasteiger partial charge in [-0.05, 0) is 43.5 Å². The minimum absolute atomic E-state index is 0.120. The summed E-state index contributed by atoms with van der Waals surface area (Å²) in [5.74, 6) is -0.662. The largest absolute Gasteiger partial charge is 0.462 e. The monoisotopic (exact) mass is 518 g/mol. The molecule has 1 aromatic carbocycles. The molecule has 1 aromatic rings. The molecule has 0 aromatic heterocycles. The van der Waals surface area contributed by atoms with E-state index in [4.69, 9.17) is 15.2 Å². The standard InChI is InChI=1S/C27H39FN4O5/c1-26(2,3)22(37-25(29)35)23(33)32-12-9-27(10-13-32)18-21(36-24(27)34)8-11-30-14-16-31(17-15-30)20-6-4-19(28)5-7-20/h4-7,21-22H,8-18H2,1-3H3,(H2,29,35)/t21?,22-/m0/s1. The topological polar surface area (TPSA) is 105 Å². The zero-order chi connectivity index (χ0) is 26.8. The lowest BCUT2D eigenvalue weighted by Crippen LogP contribution is -2.52. The van der Waals surface area contributed by atoms with Gasteiger partial charge in [0, 0.05) is 63.3 Å². The normalized spacial score (nSPS) is 23.1. The van der Waals surface area contributed by atoms with Crippen molar-refractivity contribution in [3.63, 3.8) is 0 Å². The molecular formula is C27H39FN4O5. The number of hydrogen-bond acceptors (Lipinski definition) is 7. The van der Waals surface area contributed by atoms with Crippen LogP contribution in [0.15, 0.2) is 24.3 Å². The summed E-state index contributed by atoms with van der Waals surface area (Å²) in [6, 6.07) is 6.61. The van der Waals surface area contributed by atoms with Crippen molar-refractivity contribution in [1.29, 1.82) is 0 Å². The number of hydrogen-bond donors (Lipinski definition) is 1.